The number of carbonyl (C=O) groups is 1. The Hall–Kier alpha value is -2.78. The fourth-order valence-electron chi connectivity index (χ4n) is 4.51. The van der Waals surface area contributed by atoms with Crippen LogP contribution in [0.25, 0.3) is 10.2 Å². The zero-order chi connectivity index (χ0) is 25.4. The summed E-state index contributed by atoms with van der Waals surface area (Å²) in [6, 6.07) is 19.4. The average molecular weight is 540 g/mol. The van der Waals surface area contributed by atoms with E-state index in [1.54, 1.807) is 29.2 Å². The number of fused-ring (bicyclic) bond motifs is 1. The summed E-state index contributed by atoms with van der Waals surface area (Å²) in [7, 11) is -3.82. The number of halogens is 1. The molecule has 1 fully saturated rings. The lowest BCUT2D eigenvalue weighted by molar-refractivity contribution is -0.121. The zero-order valence-corrected chi connectivity index (χ0v) is 22.4. The van der Waals surface area contributed by atoms with E-state index in [0.29, 0.717) is 36.1 Å². The highest BCUT2D eigenvalue weighted by Crippen LogP contribution is 2.36. The predicted molar refractivity (Wildman–Crippen MR) is 145 cm³/mol. The van der Waals surface area contributed by atoms with E-state index in [1.165, 1.54) is 15.6 Å². The SMILES string of the molecule is Cc1ccc(S(=O)(=O)N2CCCC2C(=O)N(Cc2ccccc2)c2nc3c(C)c(Cl)ccc3s2)cc1. The molecule has 0 radical (unpaired) electrons. The lowest BCUT2D eigenvalue weighted by atomic mass is 10.1. The largest absolute Gasteiger partial charge is 0.282 e. The minimum atomic E-state index is -3.82. The van der Waals surface area contributed by atoms with E-state index < -0.39 is 16.1 Å². The number of aryl methyl sites for hydroxylation is 2. The van der Waals surface area contributed by atoms with Gasteiger partial charge in [-0.3, -0.25) is 9.69 Å². The molecule has 6 nitrogen and oxygen atoms in total. The number of thiazole rings is 1. The topological polar surface area (TPSA) is 70.6 Å². The van der Waals surface area contributed by atoms with Gasteiger partial charge in [-0.2, -0.15) is 4.31 Å². The lowest BCUT2D eigenvalue weighted by Gasteiger charge is -2.28. The van der Waals surface area contributed by atoms with Gasteiger partial charge in [-0.1, -0.05) is 71.0 Å². The number of rotatable bonds is 6. The molecule has 2 heterocycles. The summed E-state index contributed by atoms with van der Waals surface area (Å²) in [5, 5.41) is 1.15. The number of carbonyl (C=O) groups excluding carboxylic acids is 1. The van der Waals surface area contributed by atoms with E-state index in [9.17, 15) is 13.2 Å². The quantitative estimate of drug-likeness (QED) is 0.303. The van der Waals surface area contributed by atoms with Crippen LogP contribution in [0, 0.1) is 13.8 Å². The lowest BCUT2D eigenvalue weighted by Crippen LogP contribution is -2.47. The molecule has 1 saturated heterocycles. The molecule has 1 amide bonds. The molecule has 4 aromatic rings. The third-order valence-corrected chi connectivity index (χ3v) is 9.91. The highest BCUT2D eigenvalue weighted by Gasteiger charge is 2.42. The van der Waals surface area contributed by atoms with Gasteiger partial charge in [-0.15, -0.1) is 0 Å². The maximum absolute atomic E-state index is 14.1. The van der Waals surface area contributed by atoms with Crippen LogP contribution >= 0.6 is 22.9 Å². The van der Waals surface area contributed by atoms with Crippen LogP contribution in [0.2, 0.25) is 5.02 Å². The Bertz CT molecular complexity index is 1520. The van der Waals surface area contributed by atoms with Crippen LogP contribution in [0.15, 0.2) is 71.6 Å². The van der Waals surface area contributed by atoms with Crippen molar-refractivity contribution >= 4 is 54.2 Å². The molecule has 36 heavy (non-hydrogen) atoms. The molecule has 3 aromatic carbocycles. The minimum Gasteiger partial charge on any atom is -0.282 e. The second-order valence-corrected chi connectivity index (χ2v) is 12.3. The highest BCUT2D eigenvalue weighted by molar-refractivity contribution is 7.89. The molecule has 0 aliphatic carbocycles. The third-order valence-electron chi connectivity index (χ3n) is 6.53. The van der Waals surface area contributed by atoms with Gasteiger partial charge in [0.25, 0.3) is 0 Å². The van der Waals surface area contributed by atoms with Crippen molar-refractivity contribution in [3.8, 4) is 0 Å². The normalized spacial score (nSPS) is 16.5. The van der Waals surface area contributed by atoms with Gasteiger partial charge in [0.1, 0.15) is 6.04 Å². The number of aromatic nitrogens is 1. The minimum absolute atomic E-state index is 0.202. The van der Waals surface area contributed by atoms with Gasteiger partial charge >= 0.3 is 0 Å². The summed E-state index contributed by atoms with van der Waals surface area (Å²) >= 11 is 7.73. The van der Waals surface area contributed by atoms with E-state index in [1.807, 2.05) is 56.3 Å². The molecule has 1 aromatic heterocycles. The molecule has 1 unspecified atom stereocenters. The number of benzene rings is 3. The van der Waals surface area contributed by atoms with E-state index in [0.717, 1.165) is 26.9 Å². The van der Waals surface area contributed by atoms with Crippen molar-refractivity contribution in [2.45, 2.75) is 44.2 Å². The molecule has 0 N–H and O–H groups in total. The van der Waals surface area contributed by atoms with Gasteiger partial charge in [0.2, 0.25) is 15.9 Å². The van der Waals surface area contributed by atoms with Crippen LogP contribution in [0.3, 0.4) is 0 Å². The molecular weight excluding hydrogens is 514 g/mol. The van der Waals surface area contributed by atoms with Crippen molar-refractivity contribution in [2.24, 2.45) is 0 Å². The Kier molecular flexibility index (Phi) is 6.87. The van der Waals surface area contributed by atoms with Crippen LogP contribution in [0.5, 0.6) is 0 Å². The fourth-order valence-corrected chi connectivity index (χ4v) is 7.34. The zero-order valence-electron chi connectivity index (χ0n) is 20.0. The second-order valence-electron chi connectivity index (χ2n) is 9.01. The van der Waals surface area contributed by atoms with Crippen LogP contribution in [0.1, 0.15) is 29.5 Å². The Morgan fingerprint density at radius 1 is 1.08 bits per heavy atom. The second kappa shape index (κ2) is 9.94. The molecular formula is C27H26ClN3O3S2. The van der Waals surface area contributed by atoms with E-state index in [4.69, 9.17) is 16.6 Å². The number of hydrogen-bond donors (Lipinski definition) is 0. The van der Waals surface area contributed by atoms with Crippen LogP contribution in [-0.4, -0.2) is 36.2 Å². The molecule has 1 aliphatic rings. The number of anilines is 1. The van der Waals surface area contributed by atoms with Crippen LogP contribution in [-0.2, 0) is 21.4 Å². The average Bonchev–Trinajstić information content (AvgIpc) is 3.54. The highest BCUT2D eigenvalue weighted by atomic mass is 35.5. The van der Waals surface area contributed by atoms with Crippen molar-refractivity contribution in [1.29, 1.82) is 0 Å². The van der Waals surface area contributed by atoms with Gasteiger partial charge in [0.15, 0.2) is 5.13 Å². The standard InChI is InChI=1S/C27H26ClN3O3S2/c1-18-10-12-21(13-11-18)36(33,34)31-16-6-9-23(31)26(32)30(17-20-7-4-3-5-8-20)27-29-25-19(2)22(28)14-15-24(25)35-27/h3-5,7-8,10-15,23H,6,9,16-17H2,1-2H3. The summed E-state index contributed by atoms with van der Waals surface area (Å²) in [5.41, 5.74) is 3.52. The molecule has 1 atom stereocenters. The molecule has 0 saturated carbocycles. The molecule has 0 spiro atoms. The molecule has 9 heteroatoms. The molecule has 0 bridgehead atoms. The van der Waals surface area contributed by atoms with E-state index in [2.05, 4.69) is 0 Å². The van der Waals surface area contributed by atoms with Gasteiger partial charge < -0.3 is 0 Å². The van der Waals surface area contributed by atoms with E-state index >= 15 is 0 Å². The summed E-state index contributed by atoms with van der Waals surface area (Å²) in [5.74, 6) is -0.269. The molecule has 5 rings (SSSR count). The van der Waals surface area contributed by atoms with Gasteiger partial charge in [-0.25, -0.2) is 13.4 Å². The molecule has 186 valence electrons. The summed E-state index contributed by atoms with van der Waals surface area (Å²) < 4.78 is 29.3. The Balaban J connectivity index is 1.54. The first-order chi connectivity index (χ1) is 17.3. The monoisotopic (exact) mass is 539 g/mol. The predicted octanol–water partition coefficient (Wildman–Crippen LogP) is 5.95. The fraction of sp³-hybridized carbons (Fsp3) is 0.259. The van der Waals surface area contributed by atoms with Gasteiger partial charge in [-0.05, 0) is 62.1 Å². The van der Waals surface area contributed by atoms with Crippen LogP contribution in [0.4, 0.5) is 5.13 Å². The van der Waals surface area contributed by atoms with Crippen molar-refractivity contribution < 1.29 is 13.2 Å². The first kappa shape index (κ1) is 24.9. The summed E-state index contributed by atoms with van der Waals surface area (Å²) in [6.45, 7) is 4.42. The Morgan fingerprint density at radius 3 is 2.53 bits per heavy atom. The number of hydrogen-bond acceptors (Lipinski definition) is 5. The number of nitrogens with zero attached hydrogens (tertiary/aromatic N) is 3. The summed E-state index contributed by atoms with van der Waals surface area (Å²) in [4.78, 5) is 20.7. The first-order valence-electron chi connectivity index (χ1n) is 11.7. The Labute approximate surface area is 220 Å². The molecule has 1 aliphatic heterocycles. The Morgan fingerprint density at radius 2 is 1.81 bits per heavy atom. The first-order valence-corrected chi connectivity index (χ1v) is 14.4. The van der Waals surface area contributed by atoms with Crippen molar-refractivity contribution in [1.82, 2.24) is 9.29 Å². The van der Waals surface area contributed by atoms with Crippen molar-refractivity contribution in [3.05, 3.63) is 88.4 Å². The van der Waals surface area contributed by atoms with Crippen LogP contribution < -0.4 is 4.90 Å². The number of amides is 1. The van der Waals surface area contributed by atoms with Crippen molar-refractivity contribution in [2.75, 3.05) is 11.4 Å². The van der Waals surface area contributed by atoms with Crippen molar-refractivity contribution in [3.63, 3.8) is 0 Å². The smallest absolute Gasteiger partial charge is 0.247 e. The van der Waals surface area contributed by atoms with Gasteiger partial charge in [0.05, 0.1) is 21.7 Å². The number of sulfonamides is 1. The van der Waals surface area contributed by atoms with Gasteiger partial charge in [0, 0.05) is 11.6 Å². The maximum atomic E-state index is 14.1. The third kappa shape index (κ3) is 4.66. The summed E-state index contributed by atoms with van der Waals surface area (Å²) in [6.07, 6.45) is 1.08. The van der Waals surface area contributed by atoms with E-state index in [-0.39, 0.29) is 10.8 Å². The maximum Gasteiger partial charge on any atom is 0.247 e.